The predicted molar refractivity (Wildman–Crippen MR) is 100 cm³/mol. The zero-order valence-electron chi connectivity index (χ0n) is 15.7. The smallest absolute Gasteiger partial charge is 0.416 e. The van der Waals surface area contributed by atoms with E-state index >= 15 is 0 Å². The zero-order chi connectivity index (χ0) is 20.0. The molecule has 1 aromatic carbocycles. The first-order chi connectivity index (χ1) is 13.4. The van der Waals surface area contributed by atoms with Crippen LogP contribution in [0.2, 0.25) is 0 Å². The SMILES string of the molecule is CN=C(NCc1ccco1)NCC1(c2cccc(C(F)(F)F)c2)CCOCC1. The van der Waals surface area contributed by atoms with Crippen LogP contribution in [0.4, 0.5) is 13.2 Å². The Labute approximate surface area is 162 Å². The van der Waals surface area contributed by atoms with Gasteiger partial charge in [-0.15, -0.1) is 0 Å². The van der Waals surface area contributed by atoms with E-state index in [-0.39, 0.29) is 0 Å². The van der Waals surface area contributed by atoms with E-state index in [0.717, 1.165) is 11.8 Å². The largest absolute Gasteiger partial charge is 0.467 e. The molecule has 0 radical (unpaired) electrons. The van der Waals surface area contributed by atoms with Gasteiger partial charge in [0.15, 0.2) is 5.96 Å². The van der Waals surface area contributed by atoms with E-state index in [1.807, 2.05) is 6.07 Å². The molecule has 2 aromatic rings. The van der Waals surface area contributed by atoms with Crippen LogP contribution in [-0.2, 0) is 22.9 Å². The van der Waals surface area contributed by atoms with Crippen LogP contribution < -0.4 is 10.6 Å². The second-order valence-electron chi connectivity index (χ2n) is 6.83. The van der Waals surface area contributed by atoms with Crippen LogP contribution >= 0.6 is 0 Å². The molecule has 2 N–H and O–H groups in total. The molecular weight excluding hydrogens is 371 g/mol. The van der Waals surface area contributed by atoms with Crippen molar-refractivity contribution in [2.75, 3.05) is 26.8 Å². The fourth-order valence-corrected chi connectivity index (χ4v) is 3.41. The molecule has 0 unspecified atom stereocenters. The second-order valence-corrected chi connectivity index (χ2v) is 6.83. The van der Waals surface area contributed by atoms with Crippen LogP contribution in [0.5, 0.6) is 0 Å². The third-order valence-electron chi connectivity index (χ3n) is 5.08. The Morgan fingerprint density at radius 3 is 2.57 bits per heavy atom. The Morgan fingerprint density at radius 2 is 1.93 bits per heavy atom. The first kappa shape index (κ1) is 20.3. The van der Waals surface area contributed by atoms with Gasteiger partial charge in [-0.3, -0.25) is 4.99 Å². The molecule has 1 fully saturated rings. The summed E-state index contributed by atoms with van der Waals surface area (Å²) < 4.78 is 50.3. The van der Waals surface area contributed by atoms with E-state index in [0.29, 0.717) is 50.7 Å². The fraction of sp³-hybridized carbons (Fsp3) is 0.450. The molecule has 0 bridgehead atoms. The van der Waals surface area contributed by atoms with Gasteiger partial charge >= 0.3 is 6.18 Å². The summed E-state index contributed by atoms with van der Waals surface area (Å²) in [7, 11) is 1.65. The maximum Gasteiger partial charge on any atom is 0.416 e. The molecule has 0 atom stereocenters. The second kappa shape index (κ2) is 8.68. The highest BCUT2D eigenvalue weighted by Gasteiger charge is 2.37. The lowest BCUT2D eigenvalue weighted by atomic mass is 9.73. The summed E-state index contributed by atoms with van der Waals surface area (Å²) in [6, 6.07) is 9.25. The number of hydrogen-bond acceptors (Lipinski definition) is 3. The molecule has 0 spiro atoms. The van der Waals surface area contributed by atoms with Crippen LogP contribution in [0.15, 0.2) is 52.1 Å². The minimum Gasteiger partial charge on any atom is -0.467 e. The van der Waals surface area contributed by atoms with Crippen molar-refractivity contribution in [3.8, 4) is 0 Å². The number of alkyl halides is 3. The number of ether oxygens (including phenoxy) is 1. The van der Waals surface area contributed by atoms with Gasteiger partial charge in [-0.05, 0) is 36.6 Å². The summed E-state index contributed by atoms with van der Waals surface area (Å²) >= 11 is 0. The van der Waals surface area contributed by atoms with Crippen molar-refractivity contribution in [3.63, 3.8) is 0 Å². The van der Waals surface area contributed by atoms with Gasteiger partial charge in [-0.2, -0.15) is 13.2 Å². The molecule has 5 nitrogen and oxygen atoms in total. The molecule has 28 heavy (non-hydrogen) atoms. The maximum absolute atomic E-state index is 13.2. The van der Waals surface area contributed by atoms with E-state index in [9.17, 15) is 13.2 Å². The van der Waals surface area contributed by atoms with E-state index in [2.05, 4.69) is 15.6 Å². The van der Waals surface area contributed by atoms with Gasteiger partial charge in [0.1, 0.15) is 5.76 Å². The Balaban J connectivity index is 1.74. The van der Waals surface area contributed by atoms with Crippen LogP contribution in [0.1, 0.15) is 29.7 Å². The lowest BCUT2D eigenvalue weighted by Gasteiger charge is -2.38. The summed E-state index contributed by atoms with van der Waals surface area (Å²) in [6.07, 6.45) is -1.50. The topological polar surface area (TPSA) is 58.8 Å². The van der Waals surface area contributed by atoms with Crippen molar-refractivity contribution in [1.82, 2.24) is 10.6 Å². The van der Waals surface area contributed by atoms with Crippen molar-refractivity contribution < 1.29 is 22.3 Å². The predicted octanol–water partition coefficient (Wildman–Crippen LogP) is 3.71. The first-order valence-electron chi connectivity index (χ1n) is 9.15. The summed E-state index contributed by atoms with van der Waals surface area (Å²) in [5.41, 5.74) is -0.419. The van der Waals surface area contributed by atoms with Crippen molar-refractivity contribution >= 4 is 5.96 Å². The number of aliphatic imine (C=N–C) groups is 1. The Hall–Kier alpha value is -2.48. The number of halogens is 3. The number of furan rings is 1. The van der Waals surface area contributed by atoms with E-state index in [4.69, 9.17) is 9.15 Å². The minimum atomic E-state index is -4.36. The van der Waals surface area contributed by atoms with E-state index in [1.54, 1.807) is 25.4 Å². The molecule has 8 heteroatoms. The minimum absolute atomic E-state index is 0.454. The van der Waals surface area contributed by atoms with E-state index in [1.165, 1.54) is 12.1 Å². The molecule has 3 rings (SSSR count). The van der Waals surface area contributed by atoms with Crippen LogP contribution in [0, 0.1) is 0 Å². The highest BCUT2D eigenvalue weighted by atomic mass is 19.4. The molecule has 2 heterocycles. The number of benzene rings is 1. The fourth-order valence-electron chi connectivity index (χ4n) is 3.41. The highest BCUT2D eigenvalue weighted by molar-refractivity contribution is 5.79. The van der Waals surface area contributed by atoms with Gasteiger partial charge in [-0.1, -0.05) is 18.2 Å². The molecule has 0 amide bonds. The molecule has 0 saturated carbocycles. The average Bonchev–Trinajstić information content (AvgIpc) is 3.22. The summed E-state index contributed by atoms with van der Waals surface area (Å²) in [5, 5.41) is 6.41. The van der Waals surface area contributed by atoms with Gasteiger partial charge < -0.3 is 19.8 Å². The summed E-state index contributed by atoms with van der Waals surface area (Å²) in [5.74, 6) is 1.33. The normalized spacial score (nSPS) is 17.4. The highest BCUT2D eigenvalue weighted by Crippen LogP contribution is 2.37. The van der Waals surface area contributed by atoms with Crippen LogP contribution in [0.3, 0.4) is 0 Å². The van der Waals surface area contributed by atoms with Crippen molar-refractivity contribution in [2.45, 2.75) is 31.0 Å². The lowest BCUT2D eigenvalue weighted by Crippen LogP contribution is -2.48. The van der Waals surface area contributed by atoms with Crippen molar-refractivity contribution in [3.05, 3.63) is 59.5 Å². The number of guanidine groups is 1. The van der Waals surface area contributed by atoms with Gasteiger partial charge in [0.05, 0.1) is 18.4 Å². The summed E-state index contributed by atoms with van der Waals surface area (Å²) in [4.78, 5) is 4.19. The molecule has 0 aliphatic carbocycles. The van der Waals surface area contributed by atoms with Gasteiger partial charge in [-0.25, -0.2) is 0 Å². The number of rotatable bonds is 5. The lowest BCUT2D eigenvalue weighted by molar-refractivity contribution is -0.137. The third kappa shape index (κ3) is 4.86. The maximum atomic E-state index is 13.2. The summed E-state index contributed by atoms with van der Waals surface area (Å²) in [6.45, 7) is 1.94. The zero-order valence-corrected chi connectivity index (χ0v) is 15.7. The van der Waals surface area contributed by atoms with Gasteiger partial charge in [0.2, 0.25) is 0 Å². The van der Waals surface area contributed by atoms with Crippen molar-refractivity contribution in [1.29, 1.82) is 0 Å². The number of hydrogen-bond donors (Lipinski definition) is 2. The third-order valence-corrected chi connectivity index (χ3v) is 5.08. The average molecular weight is 395 g/mol. The Morgan fingerprint density at radius 1 is 1.14 bits per heavy atom. The van der Waals surface area contributed by atoms with Gasteiger partial charge in [0, 0.05) is 32.2 Å². The standard InChI is InChI=1S/C20H24F3N3O2/c1-24-18(25-13-17-6-3-9-28-17)26-14-19(7-10-27-11-8-19)15-4-2-5-16(12-15)20(21,22)23/h2-6,9,12H,7-8,10-11,13-14H2,1H3,(H2,24,25,26). The molecule has 1 saturated heterocycles. The number of nitrogens with zero attached hydrogens (tertiary/aromatic N) is 1. The molecule has 152 valence electrons. The van der Waals surface area contributed by atoms with Gasteiger partial charge in [0.25, 0.3) is 0 Å². The molecule has 1 aliphatic rings. The Bertz CT molecular complexity index is 782. The molecule has 1 aromatic heterocycles. The monoisotopic (exact) mass is 395 g/mol. The van der Waals surface area contributed by atoms with E-state index < -0.39 is 17.2 Å². The van der Waals surface area contributed by atoms with Crippen LogP contribution in [-0.4, -0.2) is 32.8 Å². The Kier molecular flexibility index (Phi) is 6.28. The van der Waals surface area contributed by atoms with Crippen molar-refractivity contribution in [2.24, 2.45) is 4.99 Å². The quantitative estimate of drug-likeness (QED) is 0.599. The first-order valence-corrected chi connectivity index (χ1v) is 9.15. The molecular formula is C20H24F3N3O2. The number of nitrogens with one attached hydrogen (secondary N) is 2. The molecule has 1 aliphatic heterocycles. The van der Waals surface area contributed by atoms with Crippen LogP contribution in [0.25, 0.3) is 0 Å².